The van der Waals surface area contributed by atoms with E-state index in [2.05, 4.69) is 35.9 Å². The van der Waals surface area contributed by atoms with Crippen LogP contribution in [0.2, 0.25) is 0 Å². The van der Waals surface area contributed by atoms with Crippen LogP contribution < -0.4 is 10.6 Å². The Bertz CT molecular complexity index is 399. The number of thiophene rings is 1. The first-order valence-corrected chi connectivity index (χ1v) is 7.02. The van der Waals surface area contributed by atoms with Crippen molar-refractivity contribution in [1.29, 1.82) is 0 Å². The monoisotopic (exact) mass is 288 g/mol. The topological polar surface area (TPSA) is 41.1 Å². The number of hydrogen-bond acceptors (Lipinski definition) is 3. The summed E-state index contributed by atoms with van der Waals surface area (Å²) in [6, 6.07) is 2.09. The second kappa shape index (κ2) is 6.55. The molecule has 1 atom stereocenters. The number of rotatable bonds is 3. The van der Waals surface area contributed by atoms with E-state index in [1.54, 1.807) is 11.3 Å². The predicted octanol–water partition coefficient (Wildman–Crippen LogP) is 2.48. The maximum Gasteiger partial charge on any atom is 0.227 e. The van der Waals surface area contributed by atoms with Gasteiger partial charge in [0, 0.05) is 11.4 Å². The summed E-state index contributed by atoms with van der Waals surface area (Å²) in [5.41, 5.74) is 1.03. The number of carbonyl (C=O) groups is 1. The number of halogens is 1. The summed E-state index contributed by atoms with van der Waals surface area (Å²) in [6.07, 6.45) is 2.07. The number of carbonyl (C=O) groups excluding carboxylic acids is 1. The zero-order valence-electron chi connectivity index (χ0n) is 10.9. The lowest BCUT2D eigenvalue weighted by Gasteiger charge is -2.32. The van der Waals surface area contributed by atoms with Crippen LogP contribution in [0.15, 0.2) is 11.4 Å². The highest BCUT2D eigenvalue weighted by Crippen LogP contribution is 2.26. The molecule has 102 valence electrons. The highest BCUT2D eigenvalue weighted by Gasteiger charge is 2.34. The number of amides is 1. The van der Waals surface area contributed by atoms with Gasteiger partial charge in [-0.2, -0.15) is 0 Å². The molecule has 1 fully saturated rings. The SMILES string of the molecule is Cc1ccsc1CNC(=O)C1(C)CCCNC1.Cl. The van der Waals surface area contributed by atoms with Gasteiger partial charge in [0.25, 0.3) is 0 Å². The quantitative estimate of drug-likeness (QED) is 0.897. The van der Waals surface area contributed by atoms with E-state index < -0.39 is 0 Å². The molecule has 0 saturated carbocycles. The molecule has 1 aliphatic heterocycles. The van der Waals surface area contributed by atoms with Gasteiger partial charge in [-0.15, -0.1) is 23.7 Å². The Kier molecular flexibility index (Phi) is 5.63. The van der Waals surface area contributed by atoms with Crippen molar-refractivity contribution in [3.8, 4) is 0 Å². The van der Waals surface area contributed by atoms with Crippen molar-refractivity contribution in [3.05, 3.63) is 21.9 Å². The van der Waals surface area contributed by atoms with E-state index >= 15 is 0 Å². The van der Waals surface area contributed by atoms with Gasteiger partial charge in [-0.25, -0.2) is 0 Å². The molecule has 1 unspecified atom stereocenters. The van der Waals surface area contributed by atoms with Crippen LogP contribution in [0.25, 0.3) is 0 Å². The molecule has 18 heavy (non-hydrogen) atoms. The van der Waals surface area contributed by atoms with Gasteiger partial charge in [0.1, 0.15) is 0 Å². The molecule has 2 N–H and O–H groups in total. The van der Waals surface area contributed by atoms with Gasteiger partial charge < -0.3 is 10.6 Å². The summed E-state index contributed by atoms with van der Waals surface area (Å²) in [7, 11) is 0. The Hall–Kier alpha value is -0.580. The summed E-state index contributed by atoms with van der Waals surface area (Å²) in [4.78, 5) is 13.4. The number of aryl methyl sites for hydroxylation is 1. The molecule has 0 aliphatic carbocycles. The van der Waals surface area contributed by atoms with Crippen molar-refractivity contribution < 1.29 is 4.79 Å². The lowest BCUT2D eigenvalue weighted by atomic mass is 9.82. The Morgan fingerprint density at radius 3 is 2.94 bits per heavy atom. The largest absolute Gasteiger partial charge is 0.351 e. The third-order valence-corrected chi connectivity index (χ3v) is 4.55. The van der Waals surface area contributed by atoms with Crippen LogP contribution in [0.5, 0.6) is 0 Å². The third-order valence-electron chi connectivity index (χ3n) is 3.52. The summed E-state index contributed by atoms with van der Waals surface area (Å²) in [6.45, 7) is 6.63. The van der Waals surface area contributed by atoms with E-state index in [0.717, 1.165) is 25.9 Å². The Morgan fingerprint density at radius 2 is 2.39 bits per heavy atom. The van der Waals surface area contributed by atoms with Crippen molar-refractivity contribution >= 4 is 29.7 Å². The van der Waals surface area contributed by atoms with E-state index in [4.69, 9.17) is 0 Å². The third kappa shape index (κ3) is 3.46. The van der Waals surface area contributed by atoms with E-state index in [0.29, 0.717) is 6.54 Å². The molecule has 3 nitrogen and oxygen atoms in total. The van der Waals surface area contributed by atoms with Crippen LogP contribution in [0, 0.1) is 12.3 Å². The molecule has 0 spiro atoms. The van der Waals surface area contributed by atoms with E-state index in [1.807, 2.05) is 0 Å². The summed E-state index contributed by atoms with van der Waals surface area (Å²) in [5, 5.41) is 8.44. The van der Waals surface area contributed by atoms with Gasteiger partial charge in [0.15, 0.2) is 0 Å². The second-order valence-corrected chi connectivity index (χ2v) is 6.05. The molecule has 1 saturated heterocycles. The van der Waals surface area contributed by atoms with E-state index in [9.17, 15) is 4.79 Å². The van der Waals surface area contributed by atoms with Gasteiger partial charge in [-0.05, 0) is 50.2 Å². The van der Waals surface area contributed by atoms with Gasteiger partial charge in [-0.3, -0.25) is 4.79 Å². The molecule has 1 aliphatic rings. The fourth-order valence-electron chi connectivity index (χ4n) is 2.21. The normalized spacial score (nSPS) is 23.2. The molecule has 1 amide bonds. The summed E-state index contributed by atoms with van der Waals surface area (Å²) >= 11 is 1.71. The van der Waals surface area contributed by atoms with Crippen LogP contribution in [-0.4, -0.2) is 19.0 Å². The minimum absolute atomic E-state index is 0. The Balaban J connectivity index is 0.00000162. The maximum absolute atomic E-state index is 12.2. The molecule has 2 rings (SSSR count). The first kappa shape index (κ1) is 15.5. The number of piperidine rings is 1. The minimum Gasteiger partial charge on any atom is -0.351 e. The second-order valence-electron chi connectivity index (χ2n) is 5.05. The zero-order valence-corrected chi connectivity index (χ0v) is 12.5. The predicted molar refractivity (Wildman–Crippen MR) is 78.4 cm³/mol. The lowest BCUT2D eigenvalue weighted by Crippen LogP contribution is -2.48. The lowest BCUT2D eigenvalue weighted by molar-refractivity contribution is -0.131. The van der Waals surface area contributed by atoms with E-state index in [1.165, 1.54) is 10.4 Å². The molecule has 1 aromatic heterocycles. The molecule has 0 radical (unpaired) electrons. The average Bonchev–Trinajstić information content (AvgIpc) is 2.73. The summed E-state index contributed by atoms with van der Waals surface area (Å²) in [5.74, 6) is 0.178. The first-order chi connectivity index (χ1) is 8.12. The molecule has 1 aromatic rings. The molecular formula is C13H21ClN2OS. The molecule has 0 aromatic carbocycles. The molecule has 5 heteroatoms. The van der Waals surface area contributed by atoms with Gasteiger partial charge >= 0.3 is 0 Å². The molecule has 0 bridgehead atoms. The smallest absolute Gasteiger partial charge is 0.227 e. The highest BCUT2D eigenvalue weighted by atomic mass is 35.5. The first-order valence-electron chi connectivity index (χ1n) is 6.14. The van der Waals surface area contributed by atoms with Gasteiger partial charge in [-0.1, -0.05) is 0 Å². The fourth-order valence-corrected chi connectivity index (χ4v) is 3.06. The van der Waals surface area contributed by atoms with Gasteiger partial charge in [0.2, 0.25) is 5.91 Å². The fraction of sp³-hybridized carbons (Fsp3) is 0.615. The number of hydrogen-bond donors (Lipinski definition) is 2. The maximum atomic E-state index is 12.2. The van der Waals surface area contributed by atoms with Crippen LogP contribution in [0.3, 0.4) is 0 Å². The summed E-state index contributed by atoms with van der Waals surface area (Å²) < 4.78 is 0. The van der Waals surface area contributed by atoms with Crippen LogP contribution in [0.1, 0.15) is 30.2 Å². The molecule has 2 heterocycles. The molecular weight excluding hydrogens is 268 g/mol. The van der Waals surface area contributed by atoms with E-state index in [-0.39, 0.29) is 23.7 Å². The average molecular weight is 289 g/mol. The van der Waals surface area contributed by atoms with Crippen LogP contribution >= 0.6 is 23.7 Å². The van der Waals surface area contributed by atoms with Crippen molar-refractivity contribution in [2.45, 2.75) is 33.2 Å². The Labute approximate surface area is 119 Å². The van der Waals surface area contributed by atoms with Gasteiger partial charge in [0.05, 0.1) is 12.0 Å². The van der Waals surface area contributed by atoms with Crippen LogP contribution in [0.4, 0.5) is 0 Å². The zero-order chi connectivity index (χ0) is 12.3. The van der Waals surface area contributed by atoms with Crippen molar-refractivity contribution in [2.24, 2.45) is 5.41 Å². The number of nitrogens with one attached hydrogen (secondary N) is 2. The van der Waals surface area contributed by atoms with Crippen LogP contribution in [-0.2, 0) is 11.3 Å². The standard InChI is InChI=1S/C13H20N2OS.ClH/c1-10-4-7-17-11(10)8-15-12(16)13(2)5-3-6-14-9-13;/h4,7,14H,3,5-6,8-9H2,1-2H3,(H,15,16);1H. The van der Waals surface area contributed by atoms with Crippen molar-refractivity contribution in [1.82, 2.24) is 10.6 Å². The Morgan fingerprint density at radius 1 is 1.61 bits per heavy atom. The highest BCUT2D eigenvalue weighted by molar-refractivity contribution is 7.10. The minimum atomic E-state index is -0.233. The van der Waals surface area contributed by atoms with Crippen molar-refractivity contribution in [2.75, 3.05) is 13.1 Å². The van der Waals surface area contributed by atoms with Crippen molar-refractivity contribution in [3.63, 3.8) is 0 Å².